The van der Waals surface area contributed by atoms with E-state index in [1.54, 1.807) is 0 Å². The van der Waals surface area contributed by atoms with Crippen molar-refractivity contribution < 1.29 is 119 Å². The molecule has 62 heavy (non-hydrogen) atoms. The summed E-state index contributed by atoms with van der Waals surface area (Å²) in [6.45, 7) is -6.75. The first-order valence-corrected chi connectivity index (χ1v) is 16.6. The van der Waals surface area contributed by atoms with Gasteiger partial charge in [0.2, 0.25) is 0 Å². The van der Waals surface area contributed by atoms with Gasteiger partial charge in [-0.05, 0) is 0 Å². The van der Waals surface area contributed by atoms with Crippen molar-refractivity contribution in [3.05, 3.63) is 0 Å². The van der Waals surface area contributed by atoms with E-state index in [4.69, 9.17) is 61.3 Å². The summed E-state index contributed by atoms with van der Waals surface area (Å²) in [5.74, 6) is -14.7. The molecule has 0 heterocycles. The van der Waals surface area contributed by atoms with Crippen molar-refractivity contribution in [2.24, 2.45) is 0 Å². The summed E-state index contributed by atoms with van der Waals surface area (Å²) in [5, 5.41) is 103. The van der Waals surface area contributed by atoms with Gasteiger partial charge in [0, 0.05) is 39.3 Å². The number of carboxylic acids is 12. The summed E-state index contributed by atoms with van der Waals surface area (Å²) < 4.78 is 0. The third-order valence-corrected chi connectivity index (χ3v) is 6.50. The standard InChI is InChI=1S/3C10H16N2O8.ClH.Na.H/c3*13-7(14)3-11(4-8(15)16)1-2-12(5-9(17)18)6-10(19)20;;;/h3*1-6H2,(H,13,14)(H,15,16)(H,17,18)(H,19,20);1H;;. The van der Waals surface area contributed by atoms with E-state index in [-0.39, 0.29) is 81.2 Å². The zero-order valence-corrected chi connectivity index (χ0v) is 32.9. The Labute approximate surface area is 378 Å². The van der Waals surface area contributed by atoms with E-state index in [1.165, 1.54) is 0 Å². The summed E-state index contributed by atoms with van der Waals surface area (Å²) in [5.41, 5.74) is 0. The first kappa shape index (κ1) is 65.8. The van der Waals surface area contributed by atoms with Gasteiger partial charge in [-0.2, -0.15) is 0 Å². The van der Waals surface area contributed by atoms with Gasteiger partial charge in [0.1, 0.15) is 0 Å². The topological polar surface area (TPSA) is 467 Å². The summed E-state index contributed by atoms with van der Waals surface area (Å²) >= 11 is 0. The molecule has 0 aliphatic rings. The molecule has 32 heteroatoms. The molecule has 0 aliphatic heterocycles. The second-order valence-corrected chi connectivity index (χ2v) is 12.0. The van der Waals surface area contributed by atoms with Crippen LogP contribution in [0.5, 0.6) is 0 Å². The van der Waals surface area contributed by atoms with Gasteiger partial charge >= 0.3 is 101 Å². The first-order chi connectivity index (χ1) is 27.6. The second kappa shape index (κ2) is 37.5. The van der Waals surface area contributed by atoms with Crippen molar-refractivity contribution in [3.8, 4) is 0 Å². The number of rotatable bonds is 33. The molecule has 0 unspecified atom stereocenters. The average Bonchev–Trinajstić information content (AvgIpc) is 3.02. The molecule has 0 atom stereocenters. The molecular formula is C30H50ClN6NaO24. The molecule has 0 bridgehead atoms. The Balaban J connectivity index is -0.000000258. The van der Waals surface area contributed by atoms with Crippen molar-refractivity contribution in [2.45, 2.75) is 0 Å². The first-order valence-electron chi connectivity index (χ1n) is 16.6. The van der Waals surface area contributed by atoms with E-state index in [2.05, 4.69) is 0 Å². The van der Waals surface area contributed by atoms with Crippen molar-refractivity contribution in [1.29, 1.82) is 0 Å². The summed E-state index contributed by atoms with van der Waals surface area (Å²) in [6, 6.07) is 0. The van der Waals surface area contributed by atoms with Crippen LogP contribution in [-0.2, 0) is 57.5 Å². The molecule has 0 aromatic heterocycles. The number of halogens is 1. The van der Waals surface area contributed by atoms with Crippen LogP contribution >= 0.6 is 12.4 Å². The van der Waals surface area contributed by atoms with Gasteiger partial charge in [0.15, 0.2) is 0 Å². The van der Waals surface area contributed by atoms with Crippen LogP contribution < -0.4 is 0 Å². The Morgan fingerprint density at radius 2 is 0.274 bits per heavy atom. The summed E-state index contributed by atoms with van der Waals surface area (Å²) in [6.07, 6.45) is 0. The van der Waals surface area contributed by atoms with Crippen LogP contribution in [0, 0.1) is 0 Å². The number of nitrogens with zero attached hydrogens (tertiary/aromatic N) is 6. The Morgan fingerprint density at radius 1 is 0.210 bits per heavy atom. The average molecular weight is 937 g/mol. The van der Waals surface area contributed by atoms with Crippen LogP contribution in [0.2, 0.25) is 0 Å². The van der Waals surface area contributed by atoms with Crippen LogP contribution in [0.25, 0.3) is 0 Å². The Kier molecular flexibility index (Phi) is 39.7. The van der Waals surface area contributed by atoms with Gasteiger partial charge in [-0.1, -0.05) is 0 Å². The van der Waals surface area contributed by atoms with Gasteiger partial charge in [0.25, 0.3) is 0 Å². The van der Waals surface area contributed by atoms with E-state index in [9.17, 15) is 57.5 Å². The van der Waals surface area contributed by atoms with Crippen LogP contribution in [0.4, 0.5) is 0 Å². The molecule has 0 fully saturated rings. The van der Waals surface area contributed by atoms with Crippen LogP contribution in [0.3, 0.4) is 0 Å². The monoisotopic (exact) mass is 936 g/mol. The third kappa shape index (κ3) is 47.4. The molecule has 12 N–H and O–H groups in total. The molecule has 0 aliphatic carbocycles. The maximum absolute atomic E-state index is 10.6. The fraction of sp³-hybridized carbons (Fsp3) is 0.600. The van der Waals surface area contributed by atoms with Crippen LogP contribution in [-0.4, -0.2) is 310 Å². The fourth-order valence-corrected chi connectivity index (χ4v) is 4.43. The zero-order valence-electron chi connectivity index (χ0n) is 32.1. The van der Waals surface area contributed by atoms with Crippen molar-refractivity contribution in [3.63, 3.8) is 0 Å². The normalized spacial score (nSPS) is 10.4. The van der Waals surface area contributed by atoms with E-state index < -0.39 is 150 Å². The second-order valence-electron chi connectivity index (χ2n) is 12.0. The van der Waals surface area contributed by atoms with E-state index in [1.807, 2.05) is 0 Å². The predicted molar refractivity (Wildman–Crippen MR) is 205 cm³/mol. The van der Waals surface area contributed by atoms with E-state index in [0.29, 0.717) is 0 Å². The van der Waals surface area contributed by atoms with Gasteiger partial charge in [0.05, 0.1) is 78.5 Å². The molecule has 0 aromatic rings. The number of aliphatic carboxylic acids is 12. The van der Waals surface area contributed by atoms with E-state index >= 15 is 0 Å². The number of hydrogen-bond donors (Lipinski definition) is 12. The molecule has 352 valence electrons. The molecule has 0 aromatic carbocycles. The van der Waals surface area contributed by atoms with Crippen molar-refractivity contribution in [1.82, 2.24) is 29.4 Å². The number of carbonyl (C=O) groups is 12. The van der Waals surface area contributed by atoms with Crippen LogP contribution in [0.15, 0.2) is 0 Å². The van der Waals surface area contributed by atoms with Crippen molar-refractivity contribution >= 4 is 114 Å². The SMILES string of the molecule is Cl.O=C(O)CN(CCN(CC(=O)O)CC(=O)O)CC(=O)O.O=C(O)CN(CCN(CC(=O)O)CC(=O)O)CC(=O)O.O=C(O)CN(CCN(CC(=O)O)CC(=O)O)CC(=O)O.[NaH]. The molecular weight excluding hydrogens is 887 g/mol. The van der Waals surface area contributed by atoms with Gasteiger partial charge in [-0.3, -0.25) is 86.9 Å². The summed E-state index contributed by atoms with van der Waals surface area (Å²) in [4.78, 5) is 133. The molecule has 0 saturated carbocycles. The van der Waals surface area contributed by atoms with Gasteiger partial charge in [-0.15, -0.1) is 12.4 Å². The number of carboxylic acid groups (broad SMARTS) is 12. The Morgan fingerprint density at radius 3 is 0.323 bits per heavy atom. The zero-order chi connectivity index (χ0) is 47.1. The Bertz CT molecular complexity index is 1130. The third-order valence-electron chi connectivity index (χ3n) is 6.50. The molecule has 0 amide bonds. The fourth-order valence-electron chi connectivity index (χ4n) is 4.43. The predicted octanol–water partition coefficient (Wildman–Crippen LogP) is -6.44. The summed E-state index contributed by atoms with van der Waals surface area (Å²) in [7, 11) is 0. The molecule has 0 rings (SSSR count). The van der Waals surface area contributed by atoms with E-state index in [0.717, 1.165) is 29.4 Å². The van der Waals surface area contributed by atoms with Crippen molar-refractivity contribution in [2.75, 3.05) is 118 Å². The minimum atomic E-state index is -1.23. The quantitative estimate of drug-likeness (QED) is 0.0272. The molecule has 30 nitrogen and oxygen atoms in total. The van der Waals surface area contributed by atoms with Crippen LogP contribution in [0.1, 0.15) is 0 Å². The maximum atomic E-state index is 10.6. The Hall–Kier alpha value is -5.31. The van der Waals surface area contributed by atoms with Gasteiger partial charge in [-0.25, -0.2) is 0 Å². The molecule has 0 radical (unpaired) electrons. The molecule has 0 saturated heterocycles. The molecule has 0 spiro atoms. The number of hydrogen-bond acceptors (Lipinski definition) is 18. The van der Waals surface area contributed by atoms with Gasteiger partial charge < -0.3 is 61.3 Å². The minimum absolute atomic E-state index is 0.